The number of benzene rings is 4. The maximum absolute atomic E-state index is 14.4. The van der Waals surface area contributed by atoms with E-state index in [-0.39, 0.29) is 11.1 Å². The van der Waals surface area contributed by atoms with E-state index in [0.717, 1.165) is 10.7 Å². The monoisotopic (exact) mass is 540 g/mol. The summed E-state index contributed by atoms with van der Waals surface area (Å²) in [7, 11) is 0. The Hall–Kier alpha value is -4.80. The topological polar surface area (TPSA) is 59.0 Å². The highest BCUT2D eigenvalue weighted by Gasteiger charge is 2.34. The molecule has 0 saturated carbocycles. The molecule has 5 nitrogen and oxygen atoms in total. The molecule has 0 radical (unpaired) electrons. The third-order valence-electron chi connectivity index (χ3n) is 5.94. The number of carbonyl (C=O) groups excluding carboxylic acids is 1. The average Bonchev–Trinajstić information content (AvgIpc) is 3.24. The number of halogens is 6. The third-order valence-corrected chi connectivity index (χ3v) is 5.94. The average molecular weight is 540 g/mol. The number of anilines is 2. The Morgan fingerprint density at radius 3 is 2.03 bits per heavy atom. The molecule has 1 aromatic heterocycles. The molecule has 0 bridgehead atoms. The fraction of sp³-hybridized carbons (Fsp3) is 0.0714. The molecule has 4 aromatic carbocycles. The van der Waals surface area contributed by atoms with Crippen molar-refractivity contribution >= 4 is 28.3 Å². The van der Waals surface area contributed by atoms with Gasteiger partial charge in [0.25, 0.3) is 0 Å². The largest absolute Gasteiger partial charge is 0.418 e. The first kappa shape index (κ1) is 25.8. The van der Waals surface area contributed by atoms with Crippen LogP contribution in [0, 0.1) is 17.5 Å². The summed E-state index contributed by atoms with van der Waals surface area (Å²) in [5.74, 6) is -3.52. The Balaban J connectivity index is 1.54. The van der Waals surface area contributed by atoms with Crippen molar-refractivity contribution in [3.8, 4) is 11.3 Å². The molecule has 5 aromatic rings. The van der Waals surface area contributed by atoms with Crippen molar-refractivity contribution in [3.63, 3.8) is 0 Å². The smallest absolute Gasteiger partial charge is 0.308 e. The summed E-state index contributed by atoms with van der Waals surface area (Å²) >= 11 is 0. The number of amides is 2. The predicted molar refractivity (Wildman–Crippen MR) is 135 cm³/mol. The summed E-state index contributed by atoms with van der Waals surface area (Å²) in [5, 5.41) is 9.46. The molecule has 1 heterocycles. The summed E-state index contributed by atoms with van der Waals surface area (Å²) < 4.78 is 84.6. The molecule has 11 heteroatoms. The van der Waals surface area contributed by atoms with Crippen molar-refractivity contribution in [1.29, 1.82) is 0 Å². The minimum atomic E-state index is -4.73. The molecule has 198 valence electrons. The van der Waals surface area contributed by atoms with Gasteiger partial charge in [-0.2, -0.15) is 18.3 Å². The van der Waals surface area contributed by atoms with Crippen molar-refractivity contribution in [1.82, 2.24) is 9.78 Å². The number of rotatable bonds is 5. The van der Waals surface area contributed by atoms with E-state index < -0.39 is 52.8 Å². The number of hydrogen-bond acceptors (Lipinski definition) is 2. The van der Waals surface area contributed by atoms with Crippen LogP contribution in [0.3, 0.4) is 0 Å². The van der Waals surface area contributed by atoms with Crippen LogP contribution in [0.15, 0.2) is 84.9 Å². The van der Waals surface area contributed by atoms with Crippen LogP contribution in [0.5, 0.6) is 0 Å². The van der Waals surface area contributed by atoms with Crippen molar-refractivity contribution < 1.29 is 31.1 Å². The SMILES string of the molecule is O=C(Nc1ccccc1)Nc1ccc(-c2c3cccc(C(F)(F)F)c3nn2Cc2c(F)cc(F)cc2F)cc1. The van der Waals surface area contributed by atoms with Gasteiger partial charge in [-0.05, 0) is 30.3 Å². The molecule has 2 amide bonds. The molecule has 0 aliphatic rings. The Morgan fingerprint density at radius 1 is 0.795 bits per heavy atom. The van der Waals surface area contributed by atoms with Gasteiger partial charge in [0.05, 0.1) is 17.8 Å². The Bertz CT molecular complexity index is 1640. The number of fused-ring (bicyclic) bond motifs is 1. The second-order valence-electron chi connectivity index (χ2n) is 8.58. The van der Waals surface area contributed by atoms with Gasteiger partial charge in [0.1, 0.15) is 23.0 Å². The van der Waals surface area contributed by atoms with Gasteiger partial charge in [-0.15, -0.1) is 0 Å². The molecule has 0 atom stereocenters. The lowest BCUT2D eigenvalue weighted by Gasteiger charge is -2.12. The zero-order chi connectivity index (χ0) is 27.7. The van der Waals surface area contributed by atoms with E-state index in [9.17, 15) is 31.1 Å². The number of carbonyl (C=O) groups is 1. The zero-order valence-electron chi connectivity index (χ0n) is 19.9. The van der Waals surface area contributed by atoms with Crippen LogP contribution in [0.2, 0.25) is 0 Å². The van der Waals surface area contributed by atoms with Gasteiger partial charge in [0.15, 0.2) is 0 Å². The molecule has 0 unspecified atom stereocenters. The number of para-hydroxylation sites is 1. The lowest BCUT2D eigenvalue weighted by molar-refractivity contribution is -0.136. The van der Waals surface area contributed by atoms with Crippen molar-refractivity contribution in [3.05, 3.63) is 114 Å². The molecule has 39 heavy (non-hydrogen) atoms. The van der Waals surface area contributed by atoms with Crippen LogP contribution in [0.4, 0.5) is 42.5 Å². The summed E-state index contributed by atoms with van der Waals surface area (Å²) in [6.07, 6.45) is -4.73. The van der Waals surface area contributed by atoms with Gasteiger partial charge in [0.2, 0.25) is 0 Å². The van der Waals surface area contributed by atoms with Crippen molar-refractivity contribution in [2.75, 3.05) is 10.6 Å². The quantitative estimate of drug-likeness (QED) is 0.223. The first-order valence-electron chi connectivity index (χ1n) is 11.5. The second kappa shape index (κ2) is 10.2. The standard InChI is InChI=1S/C28H18F6N4O/c29-17-13-23(30)21(24(31)14-17)15-38-26(20-7-4-8-22(25(20)37-38)28(32,33)34)16-9-11-19(12-10-16)36-27(39)35-18-5-2-1-3-6-18/h1-14H,15H2,(H2,35,36,39). The fourth-order valence-corrected chi connectivity index (χ4v) is 4.20. The van der Waals surface area contributed by atoms with E-state index in [4.69, 9.17) is 0 Å². The van der Waals surface area contributed by atoms with E-state index >= 15 is 0 Å². The minimum absolute atomic E-state index is 0.0929. The van der Waals surface area contributed by atoms with Gasteiger partial charge in [-0.1, -0.05) is 42.5 Å². The molecule has 0 aliphatic heterocycles. The van der Waals surface area contributed by atoms with Crippen molar-refractivity contribution in [2.45, 2.75) is 12.7 Å². The van der Waals surface area contributed by atoms with Gasteiger partial charge in [-0.25, -0.2) is 18.0 Å². The van der Waals surface area contributed by atoms with Crippen LogP contribution in [0.1, 0.15) is 11.1 Å². The summed E-state index contributed by atoms with van der Waals surface area (Å²) in [6.45, 7) is -0.598. The summed E-state index contributed by atoms with van der Waals surface area (Å²) in [6, 6.07) is 18.8. The number of nitrogens with one attached hydrogen (secondary N) is 2. The van der Waals surface area contributed by atoms with E-state index in [1.54, 1.807) is 30.3 Å². The first-order valence-corrected chi connectivity index (χ1v) is 11.5. The lowest BCUT2D eigenvalue weighted by atomic mass is 10.0. The Morgan fingerprint density at radius 2 is 1.41 bits per heavy atom. The number of alkyl halides is 3. The van der Waals surface area contributed by atoms with E-state index in [1.807, 2.05) is 0 Å². The number of nitrogens with zero attached hydrogens (tertiary/aromatic N) is 2. The van der Waals surface area contributed by atoms with Crippen molar-refractivity contribution in [2.24, 2.45) is 0 Å². The molecular formula is C28H18F6N4O. The van der Waals surface area contributed by atoms with Gasteiger partial charge >= 0.3 is 12.2 Å². The molecule has 0 saturated heterocycles. The van der Waals surface area contributed by atoms with Gasteiger partial charge < -0.3 is 10.6 Å². The summed E-state index contributed by atoms with van der Waals surface area (Å²) in [5.41, 5.74) is -0.511. The molecule has 0 aliphatic carbocycles. The lowest BCUT2D eigenvalue weighted by Crippen LogP contribution is -2.19. The normalized spacial score (nSPS) is 11.5. The van der Waals surface area contributed by atoms with Crippen LogP contribution >= 0.6 is 0 Å². The maximum atomic E-state index is 14.4. The zero-order valence-corrected chi connectivity index (χ0v) is 19.9. The predicted octanol–water partition coefficient (Wildman–Crippen LogP) is 7.83. The number of urea groups is 1. The Kier molecular flexibility index (Phi) is 6.73. The van der Waals surface area contributed by atoms with Gasteiger partial charge in [0, 0.05) is 40.0 Å². The maximum Gasteiger partial charge on any atom is 0.418 e. The molecule has 2 N–H and O–H groups in total. The highest BCUT2D eigenvalue weighted by atomic mass is 19.4. The third kappa shape index (κ3) is 5.42. The molecule has 0 fully saturated rings. The number of aromatic nitrogens is 2. The van der Waals surface area contributed by atoms with Gasteiger partial charge in [-0.3, -0.25) is 4.68 Å². The molecular weight excluding hydrogens is 522 g/mol. The second-order valence-corrected chi connectivity index (χ2v) is 8.58. The first-order chi connectivity index (χ1) is 18.6. The summed E-state index contributed by atoms with van der Waals surface area (Å²) in [4.78, 5) is 12.3. The molecule has 5 rings (SSSR count). The van der Waals surface area contributed by atoms with E-state index in [1.165, 1.54) is 36.4 Å². The van der Waals surface area contributed by atoms with E-state index in [0.29, 0.717) is 29.1 Å². The highest BCUT2D eigenvalue weighted by Crippen LogP contribution is 2.38. The van der Waals surface area contributed by atoms with Crippen LogP contribution < -0.4 is 10.6 Å². The number of hydrogen-bond donors (Lipinski definition) is 2. The highest BCUT2D eigenvalue weighted by molar-refractivity contribution is 6.00. The minimum Gasteiger partial charge on any atom is -0.308 e. The molecule has 0 spiro atoms. The van der Waals surface area contributed by atoms with E-state index in [2.05, 4.69) is 15.7 Å². The van der Waals surface area contributed by atoms with Crippen LogP contribution in [0.25, 0.3) is 22.2 Å². The van der Waals surface area contributed by atoms with Crippen LogP contribution in [-0.4, -0.2) is 15.8 Å². The Labute approximate surface area is 217 Å². The van der Waals surface area contributed by atoms with Crippen LogP contribution in [-0.2, 0) is 12.7 Å². The fourth-order valence-electron chi connectivity index (χ4n) is 4.20.